The van der Waals surface area contributed by atoms with E-state index in [1.165, 1.54) is 0 Å². The number of hydrogen-bond donors (Lipinski definition) is 4. The topological polar surface area (TPSA) is 123 Å². The number of hydrazine groups is 1. The molecule has 126 valence electrons. The van der Waals surface area contributed by atoms with Crippen LogP contribution in [0.15, 0.2) is 24.3 Å². The Morgan fingerprint density at radius 2 is 1.87 bits per heavy atom. The molecule has 0 bridgehead atoms. The first kappa shape index (κ1) is 18.6. The zero-order valence-electron chi connectivity index (χ0n) is 12.8. The Morgan fingerprint density at radius 3 is 2.43 bits per heavy atom. The number of carbonyl (C=O) groups is 3. The molecule has 1 aromatic carbocycles. The summed E-state index contributed by atoms with van der Waals surface area (Å²) in [6.07, 6.45) is 0. The summed E-state index contributed by atoms with van der Waals surface area (Å²) in [5.74, 6) is -1.03. The molecule has 0 aliphatic rings. The maximum absolute atomic E-state index is 11.9. The molecule has 1 aromatic rings. The normalized spacial score (nSPS) is 11.5. The number of halogens is 1. The third-order valence-electron chi connectivity index (χ3n) is 2.77. The number of carbonyl (C=O) groups excluding carboxylic acids is 3. The number of nitrogens with one attached hydrogen (secondary N) is 3. The summed E-state index contributed by atoms with van der Waals surface area (Å²) in [6, 6.07) is 4.99. The van der Waals surface area contributed by atoms with Crippen LogP contribution in [0.3, 0.4) is 0 Å². The fraction of sp³-hybridized carbons (Fsp3) is 0.357. The van der Waals surface area contributed by atoms with E-state index in [1.54, 1.807) is 38.1 Å². The Kier molecular flexibility index (Phi) is 7.14. The molecule has 9 heteroatoms. The number of amides is 4. The number of hydrogen-bond acceptors (Lipinski definition) is 4. The number of rotatable bonds is 6. The molecule has 5 N–H and O–H groups in total. The average molecular weight is 343 g/mol. The Bertz CT molecular complexity index is 580. The molecule has 0 aliphatic heterocycles. The fourth-order valence-electron chi connectivity index (χ4n) is 1.64. The molecular formula is C14H19ClN4O4. The quantitative estimate of drug-likeness (QED) is 0.564. The van der Waals surface area contributed by atoms with Crippen LogP contribution in [0, 0.1) is 5.92 Å². The number of nitrogens with two attached hydrogens (primary N) is 1. The molecule has 4 amide bonds. The van der Waals surface area contributed by atoms with Crippen LogP contribution in [0.1, 0.15) is 13.8 Å². The van der Waals surface area contributed by atoms with Crippen LogP contribution in [0.5, 0.6) is 5.75 Å². The molecule has 0 saturated carbocycles. The largest absolute Gasteiger partial charge is 0.482 e. The number of para-hydroxylation sites is 1. The van der Waals surface area contributed by atoms with E-state index < -0.39 is 23.9 Å². The van der Waals surface area contributed by atoms with Crippen molar-refractivity contribution in [2.75, 3.05) is 6.61 Å². The summed E-state index contributed by atoms with van der Waals surface area (Å²) in [6.45, 7) is 3.12. The standard InChI is InChI=1S/C14H19ClN4O4/c1-8(2)12(17-14(16)22)13(21)19-18-11(20)7-23-10-6-4-3-5-9(10)15/h3-6,8,12H,7H2,1-2H3,(H,18,20)(H,19,21)(H3,16,17,22)/t12-/m1/s1. The van der Waals surface area contributed by atoms with Gasteiger partial charge in [-0.15, -0.1) is 0 Å². The van der Waals surface area contributed by atoms with Gasteiger partial charge in [-0.25, -0.2) is 4.79 Å². The predicted molar refractivity (Wildman–Crippen MR) is 84.6 cm³/mol. The monoisotopic (exact) mass is 342 g/mol. The molecule has 1 atom stereocenters. The fourth-order valence-corrected chi connectivity index (χ4v) is 1.83. The minimum Gasteiger partial charge on any atom is -0.482 e. The lowest BCUT2D eigenvalue weighted by atomic mass is 10.0. The van der Waals surface area contributed by atoms with E-state index in [1.807, 2.05) is 0 Å². The Morgan fingerprint density at radius 1 is 1.22 bits per heavy atom. The van der Waals surface area contributed by atoms with Gasteiger partial charge in [-0.05, 0) is 18.1 Å². The van der Waals surface area contributed by atoms with Crippen molar-refractivity contribution >= 4 is 29.4 Å². The van der Waals surface area contributed by atoms with Crippen molar-refractivity contribution in [3.05, 3.63) is 29.3 Å². The van der Waals surface area contributed by atoms with E-state index in [9.17, 15) is 14.4 Å². The number of primary amides is 1. The summed E-state index contributed by atoms with van der Waals surface area (Å²) in [5, 5.41) is 2.67. The molecular weight excluding hydrogens is 324 g/mol. The van der Waals surface area contributed by atoms with Crippen molar-refractivity contribution in [3.8, 4) is 5.75 Å². The molecule has 0 heterocycles. The van der Waals surface area contributed by atoms with Gasteiger partial charge in [0.1, 0.15) is 11.8 Å². The highest BCUT2D eigenvalue weighted by molar-refractivity contribution is 6.32. The molecule has 8 nitrogen and oxygen atoms in total. The maximum Gasteiger partial charge on any atom is 0.312 e. The lowest BCUT2D eigenvalue weighted by Crippen LogP contribution is -2.55. The van der Waals surface area contributed by atoms with Gasteiger partial charge in [0.15, 0.2) is 6.61 Å². The Balaban J connectivity index is 2.44. The van der Waals surface area contributed by atoms with Gasteiger partial charge in [0, 0.05) is 0 Å². The van der Waals surface area contributed by atoms with Gasteiger partial charge >= 0.3 is 6.03 Å². The SMILES string of the molecule is CC(C)[C@@H](NC(N)=O)C(=O)NNC(=O)COc1ccccc1Cl. The summed E-state index contributed by atoms with van der Waals surface area (Å²) in [4.78, 5) is 34.4. The van der Waals surface area contributed by atoms with Gasteiger partial charge in [0.25, 0.3) is 11.8 Å². The van der Waals surface area contributed by atoms with Gasteiger partial charge in [0.05, 0.1) is 5.02 Å². The van der Waals surface area contributed by atoms with Crippen molar-refractivity contribution in [2.45, 2.75) is 19.9 Å². The molecule has 0 unspecified atom stereocenters. The van der Waals surface area contributed by atoms with Crippen molar-refractivity contribution in [2.24, 2.45) is 11.7 Å². The second-order valence-corrected chi connectivity index (χ2v) is 5.39. The van der Waals surface area contributed by atoms with Gasteiger partial charge in [-0.1, -0.05) is 37.6 Å². The number of ether oxygens (including phenoxy) is 1. The van der Waals surface area contributed by atoms with E-state index in [-0.39, 0.29) is 12.5 Å². The summed E-state index contributed by atoms with van der Waals surface area (Å²) in [5.41, 5.74) is 9.38. The lowest BCUT2D eigenvalue weighted by molar-refractivity contribution is -0.131. The molecule has 23 heavy (non-hydrogen) atoms. The molecule has 0 aliphatic carbocycles. The van der Waals surface area contributed by atoms with E-state index in [0.29, 0.717) is 10.8 Å². The lowest BCUT2D eigenvalue weighted by Gasteiger charge is -2.20. The van der Waals surface area contributed by atoms with Crippen LogP contribution in [0.4, 0.5) is 4.79 Å². The van der Waals surface area contributed by atoms with Crippen molar-refractivity contribution in [1.82, 2.24) is 16.2 Å². The van der Waals surface area contributed by atoms with Crippen LogP contribution in [0.2, 0.25) is 5.02 Å². The van der Waals surface area contributed by atoms with Crippen molar-refractivity contribution in [1.29, 1.82) is 0 Å². The van der Waals surface area contributed by atoms with E-state index in [0.717, 1.165) is 0 Å². The highest BCUT2D eigenvalue weighted by Gasteiger charge is 2.23. The van der Waals surface area contributed by atoms with Crippen LogP contribution in [0.25, 0.3) is 0 Å². The van der Waals surface area contributed by atoms with Gasteiger partial charge < -0.3 is 15.8 Å². The molecule has 0 fully saturated rings. The molecule has 0 saturated heterocycles. The van der Waals surface area contributed by atoms with E-state index in [2.05, 4.69) is 16.2 Å². The third kappa shape index (κ3) is 6.43. The maximum atomic E-state index is 11.9. The van der Waals surface area contributed by atoms with Crippen LogP contribution in [-0.4, -0.2) is 30.5 Å². The van der Waals surface area contributed by atoms with E-state index >= 15 is 0 Å². The molecule has 0 aromatic heterocycles. The first-order valence-corrected chi connectivity index (χ1v) is 7.21. The smallest absolute Gasteiger partial charge is 0.312 e. The summed E-state index contributed by atoms with van der Waals surface area (Å²) >= 11 is 5.88. The van der Waals surface area contributed by atoms with Crippen molar-refractivity contribution < 1.29 is 19.1 Å². The van der Waals surface area contributed by atoms with Crippen LogP contribution in [-0.2, 0) is 9.59 Å². The number of benzene rings is 1. The number of urea groups is 1. The molecule has 0 spiro atoms. The second kappa shape index (κ2) is 8.84. The summed E-state index contributed by atoms with van der Waals surface area (Å²) < 4.78 is 5.22. The minimum atomic E-state index is -0.864. The predicted octanol–water partition coefficient (Wildman–Crippen LogP) is 0.559. The molecule has 1 rings (SSSR count). The highest BCUT2D eigenvalue weighted by atomic mass is 35.5. The van der Waals surface area contributed by atoms with Crippen LogP contribution < -0.4 is 26.6 Å². The second-order valence-electron chi connectivity index (χ2n) is 4.99. The Labute approximate surface area is 138 Å². The average Bonchev–Trinajstić information content (AvgIpc) is 2.49. The van der Waals surface area contributed by atoms with Crippen molar-refractivity contribution in [3.63, 3.8) is 0 Å². The van der Waals surface area contributed by atoms with Gasteiger partial charge in [-0.3, -0.25) is 20.4 Å². The third-order valence-corrected chi connectivity index (χ3v) is 3.08. The molecule has 0 radical (unpaired) electrons. The van der Waals surface area contributed by atoms with Crippen LogP contribution >= 0.6 is 11.6 Å². The van der Waals surface area contributed by atoms with E-state index in [4.69, 9.17) is 22.1 Å². The zero-order valence-corrected chi connectivity index (χ0v) is 13.5. The van der Waals surface area contributed by atoms with Gasteiger partial charge in [-0.2, -0.15) is 0 Å². The first-order valence-electron chi connectivity index (χ1n) is 6.83. The Hall–Kier alpha value is -2.48. The highest BCUT2D eigenvalue weighted by Crippen LogP contribution is 2.22. The summed E-state index contributed by atoms with van der Waals surface area (Å²) in [7, 11) is 0. The van der Waals surface area contributed by atoms with Gasteiger partial charge in [0.2, 0.25) is 0 Å². The zero-order chi connectivity index (χ0) is 17.4. The first-order chi connectivity index (χ1) is 10.8. The minimum absolute atomic E-state index is 0.209.